The van der Waals surface area contributed by atoms with Crippen LogP contribution in [0.5, 0.6) is 28.7 Å². The van der Waals surface area contributed by atoms with Crippen LogP contribution in [0.4, 0.5) is 17.6 Å². The Morgan fingerprint density at radius 1 is 0.345 bits per heavy atom. The molecule has 0 radical (unpaired) electrons. The molecule has 0 spiro atoms. The number of amides is 12. The number of nitrogens with one attached hydrogen (secondary N) is 12. The van der Waals surface area contributed by atoms with E-state index in [4.69, 9.17) is 30.5 Å². The van der Waals surface area contributed by atoms with Gasteiger partial charge in [-0.25, -0.2) is 17.6 Å². The van der Waals surface area contributed by atoms with Crippen molar-refractivity contribution in [3.63, 3.8) is 0 Å². The minimum atomic E-state index is -0.881. The number of phenols is 1. The number of carbonyl (C=O) groups is 12. The third-order valence-corrected chi connectivity index (χ3v) is 28.3. The molecule has 808 valence electrons. The van der Waals surface area contributed by atoms with Crippen LogP contribution in [0.25, 0.3) is 0 Å². The van der Waals surface area contributed by atoms with Crippen molar-refractivity contribution in [3.05, 3.63) is 183 Å². The number of likely N-dealkylation sites (N-methyl/N-ethyl adjacent to an activating group) is 4. The number of fused-ring (bicyclic) bond motifs is 4. The highest BCUT2D eigenvalue weighted by atomic mass is 35.5. The molecule has 8 aliphatic rings. The van der Waals surface area contributed by atoms with Crippen molar-refractivity contribution in [2.45, 2.75) is 256 Å². The van der Waals surface area contributed by atoms with Gasteiger partial charge in [0.25, 0.3) is 0 Å². The van der Waals surface area contributed by atoms with Crippen LogP contribution >= 0.6 is 11.6 Å². The zero-order valence-corrected chi connectivity index (χ0v) is 88.0. The molecule has 38 heteroatoms. The molecule has 12 atom stereocenters. The smallest absolute Gasteiger partial charge is 0.243 e. The van der Waals surface area contributed by atoms with E-state index in [9.17, 15) is 80.2 Å². The minimum absolute atomic E-state index is 0.105. The first-order valence-corrected chi connectivity index (χ1v) is 52.7. The fourth-order valence-corrected chi connectivity index (χ4v) is 18.2. The molecule has 14 rings (SSSR count). The monoisotopic (exact) mass is 2080 g/mol. The number of ether oxygens (including phenoxy) is 4. The predicted octanol–water partition coefficient (Wildman–Crippen LogP) is 8.80. The SMILES string of the molecule is CC(C)C[C@H]1NC(=O)[C@@H](C)N(C)C(=O)[C@H](C2CC2)NCCOc2c(F)cccc2CCCNC1=O.CC(C)C[C@H]1NC(=O)[C@@H](C)N(C)C(=O)[C@H](C2CC2)NCCOc2cc(F)ccc2CCCNC1=O.C[C@@H]1C(=O)N[C@H](Cc2ccc(Cl)cc2)C(=O)NCCCc2ccc(F)cc2OCCN[C@@H](C2CC2)C(=O)N1C.C[C@@H]1C(=O)N[C@H](Cc2ccc(O)cc2)C(=O)NCCCc2ccc(F)cc2OCCN[C@@H](C2CC2)C(=O)N1C. The van der Waals surface area contributed by atoms with Gasteiger partial charge in [0.15, 0.2) is 11.6 Å². The summed E-state index contributed by atoms with van der Waals surface area (Å²) in [5.41, 5.74) is 4.85. The maximum Gasteiger partial charge on any atom is 0.243 e. The molecule has 12 amide bonds. The van der Waals surface area contributed by atoms with Crippen LogP contribution in [-0.2, 0) is 96.1 Å². The zero-order valence-electron chi connectivity index (χ0n) is 87.2. The molecule has 4 heterocycles. The van der Waals surface area contributed by atoms with Crippen molar-refractivity contribution in [2.24, 2.45) is 35.5 Å². The van der Waals surface area contributed by atoms with Crippen LogP contribution in [0.2, 0.25) is 5.02 Å². The van der Waals surface area contributed by atoms with E-state index in [1.165, 1.54) is 74.2 Å². The highest BCUT2D eigenvalue weighted by Crippen LogP contribution is 2.38. The molecule has 0 unspecified atom stereocenters. The maximum absolute atomic E-state index is 14.5. The minimum Gasteiger partial charge on any atom is -0.508 e. The Labute approximate surface area is 870 Å². The Bertz CT molecular complexity index is 5280. The molecule has 4 fully saturated rings. The van der Waals surface area contributed by atoms with E-state index >= 15 is 0 Å². The molecule has 4 saturated carbocycles. The van der Waals surface area contributed by atoms with Gasteiger partial charge < -0.3 is 107 Å². The lowest BCUT2D eigenvalue weighted by molar-refractivity contribution is -0.141. The number of carbonyl (C=O) groups excluding carboxylic acids is 12. The lowest BCUT2D eigenvalue weighted by Crippen LogP contribution is -2.56. The highest BCUT2D eigenvalue weighted by molar-refractivity contribution is 6.30. The molecule has 0 saturated heterocycles. The number of aryl methyl sites for hydroxylation is 4. The van der Waals surface area contributed by atoms with E-state index in [0.717, 1.165) is 84.7 Å². The number of halogens is 5. The normalized spacial score (nSPS) is 24.8. The summed E-state index contributed by atoms with van der Waals surface area (Å²) in [5, 5.41) is 46.3. The molecule has 33 nitrogen and oxygen atoms in total. The van der Waals surface area contributed by atoms with Gasteiger partial charge in [0.05, 0.1) is 24.2 Å². The van der Waals surface area contributed by atoms with Crippen molar-refractivity contribution in [3.8, 4) is 28.7 Å². The Balaban J connectivity index is 0.000000188. The van der Waals surface area contributed by atoms with Crippen LogP contribution in [-0.4, -0.2) is 275 Å². The number of nitrogens with zero attached hydrogens (tertiary/aromatic N) is 4. The molecule has 0 aromatic heterocycles. The third kappa shape index (κ3) is 35.8. The second-order valence-corrected chi connectivity index (χ2v) is 41.2. The Hall–Kier alpha value is -12.2. The van der Waals surface area contributed by atoms with Gasteiger partial charge in [0, 0.05) is 117 Å². The molecule has 6 aromatic rings. The number of para-hydroxylation sites is 1. The number of hydrogen-bond acceptors (Lipinski definition) is 21. The van der Waals surface area contributed by atoms with Gasteiger partial charge in [-0.1, -0.05) is 93.9 Å². The molecule has 148 heavy (non-hydrogen) atoms. The van der Waals surface area contributed by atoms with Gasteiger partial charge in [-0.2, -0.15) is 0 Å². The summed E-state index contributed by atoms with van der Waals surface area (Å²) in [4.78, 5) is 164. The van der Waals surface area contributed by atoms with Crippen LogP contribution < -0.4 is 82.7 Å². The summed E-state index contributed by atoms with van der Waals surface area (Å²) in [5.74, 6) is -2.17. The maximum atomic E-state index is 14.5. The first-order valence-electron chi connectivity index (χ1n) is 52.3. The van der Waals surface area contributed by atoms with Crippen LogP contribution in [0.3, 0.4) is 0 Å². The van der Waals surface area contributed by atoms with Crippen LogP contribution in [0.15, 0.2) is 121 Å². The van der Waals surface area contributed by atoms with E-state index in [-0.39, 0.29) is 157 Å². The predicted molar refractivity (Wildman–Crippen MR) is 553 cm³/mol. The van der Waals surface area contributed by atoms with Gasteiger partial charge in [0.2, 0.25) is 70.9 Å². The van der Waals surface area contributed by atoms with E-state index < -0.39 is 96.0 Å². The summed E-state index contributed by atoms with van der Waals surface area (Å²) in [6.45, 7) is 18.7. The van der Waals surface area contributed by atoms with E-state index in [0.29, 0.717) is 139 Å². The van der Waals surface area contributed by atoms with E-state index in [1.54, 1.807) is 104 Å². The summed E-state index contributed by atoms with van der Waals surface area (Å²) < 4.78 is 79.6. The van der Waals surface area contributed by atoms with Crippen LogP contribution in [0.1, 0.15) is 179 Å². The fourth-order valence-electron chi connectivity index (χ4n) is 18.1. The Kier molecular flexibility index (Phi) is 44.7. The number of phenolic OH excluding ortho intramolecular Hbond substituents is 1. The van der Waals surface area contributed by atoms with Gasteiger partial charge >= 0.3 is 0 Å². The largest absolute Gasteiger partial charge is 0.508 e. The summed E-state index contributed by atoms with van der Waals surface area (Å²) in [6, 6.07) is 23.8. The molecular formula is C110H151ClF4N16O17. The lowest BCUT2D eigenvalue weighted by Gasteiger charge is -2.30. The number of hydrogen-bond donors (Lipinski definition) is 13. The molecule has 4 aliphatic carbocycles. The van der Waals surface area contributed by atoms with Gasteiger partial charge in [0.1, 0.15) is 115 Å². The average Bonchev–Trinajstić information content (AvgIpc) is 1.71. The molecule has 0 bridgehead atoms. The first kappa shape index (κ1) is 116. The van der Waals surface area contributed by atoms with Crippen molar-refractivity contribution in [1.82, 2.24) is 83.4 Å². The van der Waals surface area contributed by atoms with E-state index in [1.807, 2.05) is 45.9 Å². The van der Waals surface area contributed by atoms with Crippen molar-refractivity contribution in [2.75, 3.05) is 107 Å². The second-order valence-electron chi connectivity index (χ2n) is 40.7. The zero-order chi connectivity index (χ0) is 107. The molecule has 13 N–H and O–H groups in total. The van der Waals surface area contributed by atoms with Gasteiger partial charge in [-0.05, 0) is 261 Å². The fraction of sp³-hybridized carbons (Fsp3) is 0.564. The number of aromatic hydroxyl groups is 1. The summed E-state index contributed by atoms with van der Waals surface area (Å²) in [7, 11) is 6.43. The Morgan fingerprint density at radius 2 is 0.622 bits per heavy atom. The molecule has 6 aromatic carbocycles. The number of benzene rings is 6. The number of rotatable bonds is 12. The average molecular weight is 2080 g/mol. The topological polar surface area (TPSA) is 419 Å². The Morgan fingerprint density at radius 3 is 0.919 bits per heavy atom. The standard InChI is InChI=1S/C29H36ClFN4O4.C29H37FN4O5.2C26H39FN4O4/c1-18-27(36)34-24(16-19-5-10-22(30)11-6-19)28(37)33-13-3-4-20-9-12-23(31)17-25(20)39-15-14-32-26(21-7-8-21)29(38)35(18)2;1-18-27(36)33-24(16-19-5-11-23(35)12-6-19)28(37)32-13-3-4-20-9-10-22(30)17-25(20)39-15-14-31-26(21-7-8-21)29(38)34(18)2;1-16(2)15-21-25(33)29-12-6-8-19-7-5-9-20(27)23(19)35-14-13-28-22(18-10-11-18)26(34)31(4)17(3)24(32)30-21;1-16(2)14-21-25(33)29-11-5-6-18-9-10-20(27)15-22(18)35-13-12-28-23(19-7-8-19)26(34)31(4)17(3)24(32)30-21/h5-6,9-12,17-18,21,24,26,32H,3-4,7-8,13-16H2,1-2H3,(H,33,37)(H,34,36);5-6,9-12,17-18,21,24,26,31,35H,3-4,7-8,13-16H2,1-2H3,(H,32,37)(H,33,36);5,7,9,16-18,21-22,28H,6,8,10-15H2,1-4H3,(H,29,33)(H,30,32);9-10,15-17,19,21,23,28H,5-8,11-14H2,1-4H3,(H,29,33)(H,30,32)/t2*18-,24-,26+;17-,21-,22+;17-,21-,23+/m1111/s1. The van der Waals surface area contributed by atoms with E-state index in [2.05, 4.69) is 63.8 Å². The first-order chi connectivity index (χ1) is 70.8. The highest BCUT2D eigenvalue weighted by Gasteiger charge is 2.45. The molecular weight excluding hydrogens is 1930 g/mol. The lowest BCUT2D eigenvalue weighted by atomic mass is 10.0. The van der Waals surface area contributed by atoms with Crippen molar-refractivity contribution >= 4 is 82.5 Å². The van der Waals surface area contributed by atoms with Crippen molar-refractivity contribution < 1.29 is 99.2 Å². The summed E-state index contributed by atoms with van der Waals surface area (Å²) >= 11 is 6.01. The van der Waals surface area contributed by atoms with Crippen LogP contribution in [0, 0.1) is 58.8 Å². The molecule has 4 aliphatic heterocycles. The quantitative estimate of drug-likeness (QED) is 0.0509. The third-order valence-electron chi connectivity index (χ3n) is 28.1. The second kappa shape index (κ2) is 57.0. The van der Waals surface area contributed by atoms with Gasteiger partial charge in [-0.3, -0.25) is 57.5 Å². The van der Waals surface area contributed by atoms with Crippen molar-refractivity contribution in [1.29, 1.82) is 0 Å². The van der Waals surface area contributed by atoms with Gasteiger partial charge in [-0.15, -0.1) is 0 Å². The summed E-state index contributed by atoms with van der Waals surface area (Å²) in [6.07, 6.45) is 13.6.